The molecule has 0 amide bonds. The zero-order chi connectivity index (χ0) is 13.0. The summed E-state index contributed by atoms with van der Waals surface area (Å²) in [5, 5.41) is 6.45. The van der Waals surface area contributed by atoms with Crippen LogP contribution in [0.4, 0.5) is 0 Å². The Morgan fingerprint density at radius 3 is 2.89 bits per heavy atom. The summed E-state index contributed by atoms with van der Waals surface area (Å²) in [6, 6.07) is 0.286. The number of aromatic nitrogens is 1. The average molecular weight is 270 g/mol. The van der Waals surface area contributed by atoms with Gasteiger partial charge in [0.15, 0.2) is 0 Å². The summed E-state index contributed by atoms with van der Waals surface area (Å²) in [6.45, 7) is 6.40. The van der Waals surface area contributed by atoms with Crippen molar-refractivity contribution in [1.29, 1.82) is 0 Å². The molecule has 1 atom stereocenters. The van der Waals surface area contributed by atoms with Crippen molar-refractivity contribution in [3.8, 4) is 0 Å². The second-order valence-electron chi connectivity index (χ2n) is 4.63. The Morgan fingerprint density at radius 1 is 1.56 bits per heavy atom. The zero-order valence-electron chi connectivity index (χ0n) is 11.4. The lowest BCUT2D eigenvalue weighted by Gasteiger charge is -2.35. The van der Waals surface area contributed by atoms with Crippen molar-refractivity contribution >= 4 is 11.3 Å². The first kappa shape index (κ1) is 13.9. The van der Waals surface area contributed by atoms with E-state index in [9.17, 15) is 0 Å². The van der Waals surface area contributed by atoms with Gasteiger partial charge >= 0.3 is 0 Å². The van der Waals surface area contributed by atoms with Gasteiger partial charge in [-0.15, -0.1) is 11.3 Å². The molecule has 1 aliphatic rings. The third-order valence-electron chi connectivity index (χ3n) is 3.51. The Hall–Kier alpha value is -0.490. The number of rotatable bonds is 5. The predicted molar refractivity (Wildman–Crippen MR) is 72.9 cm³/mol. The molecule has 1 unspecified atom stereocenters. The monoisotopic (exact) mass is 270 g/mol. The van der Waals surface area contributed by atoms with Gasteiger partial charge in [-0.2, -0.15) is 0 Å². The van der Waals surface area contributed by atoms with E-state index in [2.05, 4.69) is 17.6 Å². The summed E-state index contributed by atoms with van der Waals surface area (Å²) in [5.41, 5.74) is 0.881. The molecule has 4 nitrogen and oxygen atoms in total. The van der Waals surface area contributed by atoms with Crippen LogP contribution in [0.2, 0.25) is 0 Å². The van der Waals surface area contributed by atoms with Gasteiger partial charge in [-0.25, -0.2) is 4.98 Å². The molecule has 0 aromatic carbocycles. The molecule has 1 aromatic heterocycles. The van der Waals surface area contributed by atoms with E-state index in [-0.39, 0.29) is 11.6 Å². The van der Waals surface area contributed by atoms with Crippen molar-refractivity contribution in [2.45, 2.75) is 38.3 Å². The summed E-state index contributed by atoms with van der Waals surface area (Å²) >= 11 is 1.71. The van der Waals surface area contributed by atoms with Crippen LogP contribution in [-0.2, 0) is 15.1 Å². The normalized spacial score (nSPS) is 20.8. The van der Waals surface area contributed by atoms with E-state index < -0.39 is 0 Å². The van der Waals surface area contributed by atoms with Gasteiger partial charge in [0.2, 0.25) is 0 Å². The van der Waals surface area contributed by atoms with E-state index in [4.69, 9.17) is 14.5 Å². The molecular formula is C13H22N2O2S. The molecule has 2 rings (SSSR count). The largest absolute Gasteiger partial charge is 0.381 e. The Kier molecular flexibility index (Phi) is 4.72. The van der Waals surface area contributed by atoms with Gasteiger partial charge in [0.05, 0.1) is 5.69 Å². The number of nitrogens with zero attached hydrogens (tertiary/aromatic N) is 1. The van der Waals surface area contributed by atoms with Gasteiger partial charge < -0.3 is 14.8 Å². The van der Waals surface area contributed by atoms with Crippen LogP contribution in [0.1, 0.15) is 43.4 Å². The van der Waals surface area contributed by atoms with Crippen LogP contribution < -0.4 is 5.32 Å². The Morgan fingerprint density at radius 2 is 2.28 bits per heavy atom. The highest BCUT2D eigenvalue weighted by Gasteiger charge is 2.38. The summed E-state index contributed by atoms with van der Waals surface area (Å²) in [5.74, 6) is 0. The molecule has 1 aromatic rings. The van der Waals surface area contributed by atoms with Crippen LogP contribution in [-0.4, -0.2) is 31.9 Å². The molecule has 1 aliphatic heterocycles. The summed E-state index contributed by atoms with van der Waals surface area (Å²) in [4.78, 5) is 4.77. The number of hydrogen-bond donors (Lipinski definition) is 1. The molecule has 0 spiro atoms. The van der Waals surface area contributed by atoms with Crippen LogP contribution >= 0.6 is 11.3 Å². The van der Waals surface area contributed by atoms with Crippen molar-refractivity contribution in [2.24, 2.45) is 0 Å². The van der Waals surface area contributed by atoms with Gasteiger partial charge in [0.25, 0.3) is 0 Å². The molecule has 2 heterocycles. The second-order valence-corrected chi connectivity index (χ2v) is 5.49. The average Bonchev–Trinajstić information content (AvgIpc) is 2.89. The Balaban J connectivity index is 2.22. The third kappa shape index (κ3) is 2.74. The number of thiazole rings is 1. The fourth-order valence-corrected chi connectivity index (χ4v) is 3.36. The molecule has 1 fully saturated rings. The fraction of sp³-hybridized carbons (Fsp3) is 0.769. The molecule has 0 radical (unpaired) electrons. The first-order valence-corrected chi connectivity index (χ1v) is 7.44. The molecule has 18 heavy (non-hydrogen) atoms. The van der Waals surface area contributed by atoms with Crippen molar-refractivity contribution in [3.05, 3.63) is 16.1 Å². The van der Waals surface area contributed by atoms with E-state index in [0.717, 1.165) is 43.4 Å². The summed E-state index contributed by atoms with van der Waals surface area (Å²) < 4.78 is 11.5. The minimum Gasteiger partial charge on any atom is -0.381 e. The highest BCUT2D eigenvalue weighted by atomic mass is 32.1. The number of hydrogen-bond acceptors (Lipinski definition) is 5. The second kappa shape index (κ2) is 6.10. The van der Waals surface area contributed by atoms with Crippen molar-refractivity contribution in [3.63, 3.8) is 0 Å². The van der Waals surface area contributed by atoms with E-state index in [1.807, 2.05) is 14.0 Å². The van der Waals surface area contributed by atoms with Crippen LogP contribution in [0.3, 0.4) is 0 Å². The lowest BCUT2D eigenvalue weighted by molar-refractivity contribution is -0.112. The van der Waals surface area contributed by atoms with Gasteiger partial charge in [0, 0.05) is 44.1 Å². The van der Waals surface area contributed by atoms with E-state index in [1.165, 1.54) is 0 Å². The highest BCUT2D eigenvalue weighted by molar-refractivity contribution is 7.09. The van der Waals surface area contributed by atoms with E-state index in [0.29, 0.717) is 0 Å². The third-order valence-corrected chi connectivity index (χ3v) is 4.56. The first-order valence-electron chi connectivity index (χ1n) is 6.56. The molecule has 1 N–H and O–H groups in total. The molecule has 0 bridgehead atoms. The van der Waals surface area contributed by atoms with Crippen molar-refractivity contribution in [2.75, 3.05) is 26.9 Å². The lowest BCUT2D eigenvalue weighted by atomic mass is 9.94. The number of ether oxygens (including phenoxy) is 2. The van der Waals surface area contributed by atoms with E-state index in [1.54, 1.807) is 11.3 Å². The van der Waals surface area contributed by atoms with Gasteiger partial charge in [-0.05, 0) is 20.9 Å². The smallest absolute Gasteiger partial charge is 0.125 e. The van der Waals surface area contributed by atoms with Gasteiger partial charge in [-0.3, -0.25) is 0 Å². The first-order chi connectivity index (χ1) is 8.72. The molecule has 102 valence electrons. The SMILES string of the molecule is CCOC1(c2nc(C(C)NC)cs2)CCOCC1. The van der Waals surface area contributed by atoms with Crippen LogP contribution in [0, 0.1) is 0 Å². The standard InChI is InChI=1S/C13H22N2O2S/c1-4-17-13(5-7-16-8-6-13)12-15-11(9-18-12)10(2)14-3/h9-10,14H,4-8H2,1-3H3. The van der Waals surface area contributed by atoms with E-state index >= 15 is 0 Å². The molecule has 0 saturated carbocycles. The maximum Gasteiger partial charge on any atom is 0.125 e. The van der Waals surface area contributed by atoms with Crippen molar-refractivity contribution in [1.82, 2.24) is 10.3 Å². The molecular weight excluding hydrogens is 248 g/mol. The summed E-state index contributed by atoms with van der Waals surface area (Å²) in [6.07, 6.45) is 1.81. The van der Waals surface area contributed by atoms with Crippen LogP contribution in [0.15, 0.2) is 5.38 Å². The highest BCUT2D eigenvalue weighted by Crippen LogP contribution is 2.38. The zero-order valence-corrected chi connectivity index (χ0v) is 12.2. The Labute approximate surface area is 113 Å². The molecule has 1 saturated heterocycles. The molecule has 5 heteroatoms. The number of nitrogens with one attached hydrogen (secondary N) is 1. The van der Waals surface area contributed by atoms with Crippen molar-refractivity contribution < 1.29 is 9.47 Å². The van der Waals surface area contributed by atoms with Gasteiger partial charge in [0.1, 0.15) is 10.6 Å². The van der Waals surface area contributed by atoms with Crippen LogP contribution in [0.25, 0.3) is 0 Å². The van der Waals surface area contributed by atoms with Crippen LogP contribution in [0.5, 0.6) is 0 Å². The lowest BCUT2D eigenvalue weighted by Crippen LogP contribution is -2.36. The maximum atomic E-state index is 6.03. The Bertz CT molecular complexity index is 369. The fourth-order valence-electron chi connectivity index (χ4n) is 2.24. The summed E-state index contributed by atoms with van der Waals surface area (Å²) in [7, 11) is 1.95. The minimum atomic E-state index is -0.219. The van der Waals surface area contributed by atoms with Gasteiger partial charge in [-0.1, -0.05) is 0 Å². The topological polar surface area (TPSA) is 43.4 Å². The predicted octanol–water partition coefficient (Wildman–Crippen LogP) is 2.47. The quantitative estimate of drug-likeness (QED) is 0.892. The maximum absolute atomic E-state index is 6.03. The minimum absolute atomic E-state index is 0.219. The molecule has 0 aliphatic carbocycles.